The Morgan fingerprint density at radius 2 is 2.12 bits per heavy atom. The minimum Gasteiger partial charge on any atom is -0.490 e. The molecule has 0 spiro atoms. The number of aromatic nitrogens is 2. The van der Waals surface area contributed by atoms with Crippen LogP contribution in [0.15, 0.2) is 52.3 Å². The van der Waals surface area contributed by atoms with E-state index in [9.17, 15) is 5.26 Å². The van der Waals surface area contributed by atoms with Crippen molar-refractivity contribution in [3.63, 3.8) is 0 Å². The van der Waals surface area contributed by atoms with Crippen molar-refractivity contribution >= 4 is 27.5 Å². The average Bonchev–Trinajstić information content (AvgIpc) is 3.12. The summed E-state index contributed by atoms with van der Waals surface area (Å²) in [5.74, 6) is 1.04. The van der Waals surface area contributed by atoms with Crippen molar-refractivity contribution in [2.75, 3.05) is 6.61 Å². The number of nitriles is 1. The van der Waals surface area contributed by atoms with Gasteiger partial charge in [-0.25, -0.2) is 0 Å². The van der Waals surface area contributed by atoms with Crippen LogP contribution in [0.25, 0.3) is 0 Å². The summed E-state index contributed by atoms with van der Waals surface area (Å²) in [5.41, 5.74) is 9.62. The lowest BCUT2D eigenvalue weighted by Gasteiger charge is -2.25. The second-order valence-electron chi connectivity index (χ2n) is 7.17. The fourth-order valence-electron chi connectivity index (χ4n) is 3.67. The molecule has 9 heteroatoms. The van der Waals surface area contributed by atoms with Crippen LogP contribution in [-0.2, 0) is 6.61 Å². The van der Waals surface area contributed by atoms with Crippen LogP contribution in [0.3, 0.4) is 0 Å². The first-order chi connectivity index (χ1) is 15.4. The van der Waals surface area contributed by atoms with Gasteiger partial charge in [-0.1, -0.05) is 23.7 Å². The molecule has 0 saturated heterocycles. The van der Waals surface area contributed by atoms with E-state index in [1.54, 1.807) is 0 Å². The van der Waals surface area contributed by atoms with Gasteiger partial charge in [-0.2, -0.15) is 5.26 Å². The number of benzene rings is 2. The quantitative estimate of drug-likeness (QED) is 0.460. The van der Waals surface area contributed by atoms with Gasteiger partial charge in [0.2, 0.25) is 11.8 Å². The van der Waals surface area contributed by atoms with Crippen LogP contribution in [0.5, 0.6) is 17.4 Å². The molecule has 3 aromatic rings. The predicted octanol–water partition coefficient (Wildman–Crippen LogP) is 5.33. The van der Waals surface area contributed by atoms with Gasteiger partial charge in [0, 0.05) is 16.3 Å². The van der Waals surface area contributed by atoms with Crippen molar-refractivity contribution in [2.24, 2.45) is 5.73 Å². The van der Waals surface area contributed by atoms with E-state index in [0.29, 0.717) is 45.7 Å². The van der Waals surface area contributed by atoms with Crippen LogP contribution in [0.4, 0.5) is 0 Å². The van der Waals surface area contributed by atoms with Gasteiger partial charge in [0.1, 0.15) is 18.2 Å². The second kappa shape index (κ2) is 9.15. The number of halogens is 2. The summed E-state index contributed by atoms with van der Waals surface area (Å²) in [4.78, 5) is 0. The van der Waals surface area contributed by atoms with Gasteiger partial charge in [-0.15, -0.1) is 5.10 Å². The third-order valence-electron chi connectivity index (χ3n) is 5.07. The van der Waals surface area contributed by atoms with Crippen molar-refractivity contribution in [1.82, 2.24) is 10.2 Å². The first-order valence-corrected chi connectivity index (χ1v) is 11.1. The van der Waals surface area contributed by atoms with Crippen molar-refractivity contribution in [1.29, 1.82) is 5.26 Å². The topological polar surface area (TPSA) is 106 Å². The van der Waals surface area contributed by atoms with Crippen LogP contribution >= 0.6 is 27.5 Å². The van der Waals surface area contributed by atoms with E-state index in [1.165, 1.54) is 0 Å². The minimum atomic E-state index is -0.458. The number of H-pyrrole nitrogens is 1. The smallest absolute Gasteiger partial charge is 0.244 e. The Balaban J connectivity index is 1.76. The van der Waals surface area contributed by atoms with E-state index in [4.69, 9.17) is 31.5 Å². The van der Waals surface area contributed by atoms with E-state index in [2.05, 4.69) is 32.2 Å². The predicted molar refractivity (Wildman–Crippen MR) is 124 cm³/mol. The van der Waals surface area contributed by atoms with E-state index < -0.39 is 5.92 Å². The van der Waals surface area contributed by atoms with Crippen LogP contribution in [0.2, 0.25) is 5.02 Å². The zero-order valence-corrected chi connectivity index (χ0v) is 19.8. The third kappa shape index (κ3) is 4.14. The van der Waals surface area contributed by atoms with E-state index in [-0.39, 0.29) is 5.88 Å². The van der Waals surface area contributed by atoms with Crippen LogP contribution in [0, 0.1) is 18.3 Å². The minimum absolute atomic E-state index is 0.0341. The number of aromatic amines is 1. The highest BCUT2D eigenvalue weighted by Crippen LogP contribution is 2.46. The Hall–Kier alpha value is -3.15. The maximum atomic E-state index is 9.80. The lowest BCUT2D eigenvalue weighted by Crippen LogP contribution is -2.21. The van der Waals surface area contributed by atoms with Crippen LogP contribution < -0.4 is 19.9 Å². The zero-order chi connectivity index (χ0) is 22.8. The second-order valence-corrected chi connectivity index (χ2v) is 8.46. The molecule has 0 amide bonds. The molecule has 3 N–H and O–H groups in total. The number of hydrogen-bond donors (Lipinski definition) is 2. The van der Waals surface area contributed by atoms with Gasteiger partial charge in [0.15, 0.2) is 11.5 Å². The van der Waals surface area contributed by atoms with E-state index in [0.717, 1.165) is 22.4 Å². The molecule has 1 atom stereocenters. The van der Waals surface area contributed by atoms with Gasteiger partial charge in [0.05, 0.1) is 17.0 Å². The molecule has 32 heavy (non-hydrogen) atoms. The Morgan fingerprint density at radius 3 is 2.84 bits per heavy atom. The third-order valence-corrected chi connectivity index (χ3v) is 5.89. The number of nitrogens with one attached hydrogen (secondary N) is 1. The summed E-state index contributed by atoms with van der Waals surface area (Å²) >= 11 is 9.69. The Labute approximate surface area is 198 Å². The molecule has 1 aromatic heterocycles. The molecule has 1 aliphatic heterocycles. The first kappa shape index (κ1) is 22.1. The van der Waals surface area contributed by atoms with Crippen LogP contribution in [-0.4, -0.2) is 16.8 Å². The zero-order valence-electron chi connectivity index (χ0n) is 17.4. The van der Waals surface area contributed by atoms with Gasteiger partial charge < -0.3 is 19.9 Å². The number of hydrogen-bond acceptors (Lipinski definition) is 6. The highest BCUT2D eigenvalue weighted by Gasteiger charge is 2.35. The molecule has 0 radical (unpaired) electrons. The maximum absolute atomic E-state index is 9.80. The van der Waals surface area contributed by atoms with E-state index >= 15 is 0 Å². The maximum Gasteiger partial charge on any atom is 0.244 e. The number of allylic oxidation sites excluding steroid dienone is 1. The standard InChI is InChI=1S/C23H20BrClN4O3/c1-3-30-18-9-14(8-17(24)21(18)31-11-13-5-4-6-15(25)7-13)20-16(10-26)22(27)32-23-19(20)12(2)28-29-23/h4-9,20H,3,11,27H2,1-2H3,(H,28,29)/t20-/m0/s1. The summed E-state index contributed by atoms with van der Waals surface area (Å²) in [6.07, 6.45) is 0. The van der Waals surface area contributed by atoms with Crippen molar-refractivity contribution in [3.05, 3.63) is 79.7 Å². The Kier molecular flexibility index (Phi) is 6.31. The summed E-state index contributed by atoms with van der Waals surface area (Å²) in [5, 5.41) is 17.5. The summed E-state index contributed by atoms with van der Waals surface area (Å²) in [6.45, 7) is 4.53. The molecule has 0 aliphatic carbocycles. The molecule has 1 aliphatic rings. The summed E-state index contributed by atoms with van der Waals surface area (Å²) in [7, 11) is 0. The highest BCUT2D eigenvalue weighted by atomic mass is 79.9. The molecule has 7 nitrogen and oxygen atoms in total. The first-order valence-electron chi connectivity index (χ1n) is 9.88. The number of nitrogens with zero attached hydrogens (tertiary/aromatic N) is 2. The van der Waals surface area contributed by atoms with Crippen molar-refractivity contribution < 1.29 is 14.2 Å². The summed E-state index contributed by atoms with van der Waals surface area (Å²) < 4.78 is 18.2. The number of fused-ring (bicyclic) bond motifs is 1. The molecule has 2 heterocycles. The van der Waals surface area contributed by atoms with Gasteiger partial charge in [0.25, 0.3) is 0 Å². The number of rotatable bonds is 6. The molecular formula is C23H20BrClN4O3. The SMILES string of the molecule is CCOc1cc([C@H]2C(C#N)=C(N)Oc3n[nH]c(C)c32)cc(Br)c1OCc1cccc(Cl)c1. The largest absolute Gasteiger partial charge is 0.490 e. The normalized spacial score (nSPS) is 15.0. The number of ether oxygens (including phenoxy) is 3. The fourth-order valence-corrected chi connectivity index (χ4v) is 4.46. The lowest BCUT2D eigenvalue weighted by molar-refractivity contribution is 0.267. The van der Waals surface area contributed by atoms with Crippen molar-refractivity contribution in [2.45, 2.75) is 26.4 Å². The molecule has 164 valence electrons. The molecular weight excluding hydrogens is 496 g/mol. The van der Waals surface area contributed by atoms with Gasteiger partial charge >= 0.3 is 0 Å². The Morgan fingerprint density at radius 1 is 1.31 bits per heavy atom. The molecule has 0 bridgehead atoms. The molecule has 0 fully saturated rings. The molecule has 0 saturated carbocycles. The van der Waals surface area contributed by atoms with Gasteiger partial charge in [-0.3, -0.25) is 5.10 Å². The lowest BCUT2D eigenvalue weighted by atomic mass is 9.84. The summed E-state index contributed by atoms with van der Waals surface area (Å²) in [6, 6.07) is 13.4. The molecule has 0 unspecified atom stereocenters. The molecule has 4 rings (SSSR count). The van der Waals surface area contributed by atoms with E-state index in [1.807, 2.05) is 50.2 Å². The molecule has 2 aromatic carbocycles. The van der Waals surface area contributed by atoms with Gasteiger partial charge in [-0.05, 0) is 65.2 Å². The fraction of sp³-hybridized carbons (Fsp3) is 0.217. The monoisotopic (exact) mass is 514 g/mol. The van der Waals surface area contributed by atoms with Crippen molar-refractivity contribution in [3.8, 4) is 23.4 Å². The number of aryl methyl sites for hydroxylation is 1. The average molecular weight is 516 g/mol. The Bertz CT molecular complexity index is 1250. The highest BCUT2D eigenvalue weighted by molar-refractivity contribution is 9.10. The van der Waals surface area contributed by atoms with Crippen LogP contribution in [0.1, 0.15) is 35.2 Å². The number of nitrogens with two attached hydrogens (primary N) is 1.